The van der Waals surface area contributed by atoms with Crippen molar-refractivity contribution in [2.24, 2.45) is 5.92 Å². The van der Waals surface area contributed by atoms with Gasteiger partial charge in [-0.1, -0.05) is 22.0 Å². The van der Waals surface area contributed by atoms with Gasteiger partial charge in [-0.25, -0.2) is 4.39 Å². The standard InChI is InChI=1S/C11H12BrFO/c1-14-11-3-2-7(5-10(11)13)9-4-8(9)6-12/h2-3,5,8-9H,4,6H2,1H3. The van der Waals surface area contributed by atoms with E-state index < -0.39 is 0 Å². The van der Waals surface area contributed by atoms with E-state index in [1.54, 1.807) is 12.1 Å². The Kier molecular flexibility index (Phi) is 2.77. The number of hydrogen-bond donors (Lipinski definition) is 0. The summed E-state index contributed by atoms with van der Waals surface area (Å²) in [7, 11) is 1.48. The van der Waals surface area contributed by atoms with Crippen LogP contribution in [0, 0.1) is 11.7 Å². The Balaban J connectivity index is 2.17. The van der Waals surface area contributed by atoms with Crippen LogP contribution in [0.3, 0.4) is 0 Å². The molecule has 2 atom stereocenters. The summed E-state index contributed by atoms with van der Waals surface area (Å²) >= 11 is 3.44. The van der Waals surface area contributed by atoms with Crippen molar-refractivity contribution in [1.82, 2.24) is 0 Å². The largest absolute Gasteiger partial charge is 0.494 e. The van der Waals surface area contributed by atoms with Gasteiger partial charge in [-0.2, -0.15) is 0 Å². The van der Waals surface area contributed by atoms with E-state index in [2.05, 4.69) is 15.9 Å². The molecule has 1 aliphatic carbocycles. The summed E-state index contributed by atoms with van der Waals surface area (Å²) in [4.78, 5) is 0. The highest BCUT2D eigenvalue weighted by Gasteiger charge is 2.37. The highest BCUT2D eigenvalue weighted by molar-refractivity contribution is 9.09. The maximum atomic E-state index is 13.3. The molecule has 1 fully saturated rings. The maximum absolute atomic E-state index is 13.3. The molecule has 0 spiro atoms. The van der Waals surface area contributed by atoms with Gasteiger partial charge >= 0.3 is 0 Å². The van der Waals surface area contributed by atoms with Gasteiger partial charge in [0.05, 0.1) is 7.11 Å². The Hall–Kier alpha value is -0.570. The van der Waals surface area contributed by atoms with Gasteiger partial charge < -0.3 is 4.74 Å². The lowest BCUT2D eigenvalue weighted by atomic mass is 10.1. The van der Waals surface area contributed by atoms with Gasteiger partial charge in [0.25, 0.3) is 0 Å². The molecule has 1 nitrogen and oxygen atoms in total. The smallest absolute Gasteiger partial charge is 0.165 e. The average molecular weight is 259 g/mol. The van der Waals surface area contributed by atoms with Gasteiger partial charge in [0.1, 0.15) is 0 Å². The second-order valence-electron chi connectivity index (χ2n) is 3.65. The van der Waals surface area contributed by atoms with Gasteiger partial charge in [-0.3, -0.25) is 0 Å². The van der Waals surface area contributed by atoms with Gasteiger partial charge in [0.15, 0.2) is 11.6 Å². The lowest BCUT2D eigenvalue weighted by Gasteiger charge is -2.04. The highest BCUT2D eigenvalue weighted by atomic mass is 79.9. The molecule has 1 aromatic rings. The number of hydrogen-bond acceptors (Lipinski definition) is 1. The summed E-state index contributed by atoms with van der Waals surface area (Å²) in [6, 6.07) is 5.25. The predicted octanol–water partition coefficient (Wildman–Crippen LogP) is 3.33. The minimum absolute atomic E-state index is 0.259. The molecule has 0 amide bonds. The van der Waals surface area contributed by atoms with Crippen LogP contribution in [0.15, 0.2) is 18.2 Å². The molecule has 76 valence electrons. The van der Waals surface area contributed by atoms with Crippen LogP contribution in [0.5, 0.6) is 5.75 Å². The van der Waals surface area contributed by atoms with E-state index in [4.69, 9.17) is 4.74 Å². The zero-order valence-corrected chi connectivity index (χ0v) is 9.55. The molecule has 3 heteroatoms. The molecule has 0 aliphatic heterocycles. The van der Waals surface area contributed by atoms with E-state index in [1.165, 1.54) is 7.11 Å². The molecule has 1 aromatic carbocycles. The number of alkyl halides is 1. The van der Waals surface area contributed by atoms with Crippen molar-refractivity contribution in [3.05, 3.63) is 29.6 Å². The number of rotatable bonds is 3. The van der Waals surface area contributed by atoms with E-state index in [-0.39, 0.29) is 5.82 Å². The average Bonchev–Trinajstić information content (AvgIpc) is 2.96. The summed E-state index contributed by atoms with van der Waals surface area (Å²) in [5.74, 6) is 1.28. The molecule has 14 heavy (non-hydrogen) atoms. The highest BCUT2D eigenvalue weighted by Crippen LogP contribution is 2.48. The van der Waals surface area contributed by atoms with Gasteiger partial charge in [0.2, 0.25) is 0 Å². The fourth-order valence-corrected chi connectivity index (χ4v) is 2.46. The van der Waals surface area contributed by atoms with Crippen LogP contribution in [0.1, 0.15) is 17.9 Å². The fraction of sp³-hybridized carbons (Fsp3) is 0.455. The normalized spacial score (nSPS) is 24.8. The number of methoxy groups -OCH3 is 1. The summed E-state index contributed by atoms with van der Waals surface area (Å²) in [6.07, 6.45) is 1.16. The zero-order valence-electron chi connectivity index (χ0n) is 7.97. The lowest BCUT2D eigenvalue weighted by molar-refractivity contribution is 0.386. The van der Waals surface area contributed by atoms with E-state index in [1.807, 2.05) is 6.07 Å². The second-order valence-corrected chi connectivity index (χ2v) is 4.30. The van der Waals surface area contributed by atoms with E-state index in [0.717, 1.165) is 17.3 Å². The SMILES string of the molecule is COc1ccc(C2CC2CBr)cc1F. The Morgan fingerprint density at radius 1 is 1.57 bits per heavy atom. The van der Waals surface area contributed by atoms with Gasteiger partial charge in [-0.15, -0.1) is 0 Å². The Morgan fingerprint density at radius 2 is 2.36 bits per heavy atom. The first kappa shape index (κ1) is 9.97. The zero-order chi connectivity index (χ0) is 10.1. The molecule has 1 saturated carbocycles. The van der Waals surface area contributed by atoms with Crippen molar-refractivity contribution >= 4 is 15.9 Å². The minimum atomic E-state index is -0.259. The molecule has 0 radical (unpaired) electrons. The summed E-state index contributed by atoms with van der Waals surface area (Å²) in [5, 5.41) is 1.01. The molecular weight excluding hydrogens is 247 g/mol. The van der Waals surface area contributed by atoms with Crippen LogP contribution in [0.25, 0.3) is 0 Å². The molecule has 0 heterocycles. The first-order chi connectivity index (χ1) is 6.76. The topological polar surface area (TPSA) is 9.23 Å². The van der Waals surface area contributed by atoms with E-state index in [0.29, 0.717) is 17.6 Å². The molecule has 0 bridgehead atoms. The second kappa shape index (κ2) is 3.89. The Labute approximate surface area is 91.4 Å². The molecule has 0 N–H and O–H groups in total. The summed E-state index contributed by atoms with van der Waals surface area (Å²) < 4.78 is 18.2. The van der Waals surface area contributed by atoms with Crippen molar-refractivity contribution in [3.63, 3.8) is 0 Å². The van der Waals surface area contributed by atoms with Crippen LogP contribution in [0.4, 0.5) is 4.39 Å². The third kappa shape index (κ3) is 1.78. The number of halogens is 2. The molecule has 0 saturated heterocycles. The Bertz CT molecular complexity index is 340. The first-order valence-electron chi connectivity index (χ1n) is 4.65. The quantitative estimate of drug-likeness (QED) is 0.756. The van der Waals surface area contributed by atoms with Crippen molar-refractivity contribution in [1.29, 1.82) is 0 Å². The third-order valence-electron chi connectivity index (χ3n) is 2.72. The Morgan fingerprint density at radius 3 is 2.86 bits per heavy atom. The van der Waals surface area contributed by atoms with Gasteiger partial charge in [-0.05, 0) is 36.0 Å². The predicted molar refractivity (Wildman–Crippen MR) is 57.6 cm³/mol. The van der Waals surface area contributed by atoms with Crippen LogP contribution in [-0.4, -0.2) is 12.4 Å². The fourth-order valence-electron chi connectivity index (χ4n) is 1.74. The summed E-state index contributed by atoms with van der Waals surface area (Å²) in [5.41, 5.74) is 1.09. The van der Waals surface area contributed by atoms with Crippen molar-refractivity contribution in [2.75, 3.05) is 12.4 Å². The van der Waals surface area contributed by atoms with Crippen LogP contribution < -0.4 is 4.74 Å². The van der Waals surface area contributed by atoms with Crippen LogP contribution in [0.2, 0.25) is 0 Å². The first-order valence-corrected chi connectivity index (χ1v) is 5.77. The lowest BCUT2D eigenvalue weighted by Crippen LogP contribution is -1.91. The molecule has 0 aromatic heterocycles. The third-order valence-corrected chi connectivity index (χ3v) is 3.56. The molecule has 1 aliphatic rings. The van der Waals surface area contributed by atoms with E-state index in [9.17, 15) is 4.39 Å². The van der Waals surface area contributed by atoms with Crippen LogP contribution >= 0.6 is 15.9 Å². The summed E-state index contributed by atoms with van der Waals surface area (Å²) in [6.45, 7) is 0. The molecule has 2 unspecified atom stereocenters. The maximum Gasteiger partial charge on any atom is 0.165 e. The molecule has 2 rings (SSSR count). The number of benzene rings is 1. The van der Waals surface area contributed by atoms with Crippen molar-refractivity contribution < 1.29 is 9.13 Å². The number of ether oxygens (including phenoxy) is 1. The minimum Gasteiger partial charge on any atom is -0.494 e. The van der Waals surface area contributed by atoms with Crippen molar-refractivity contribution in [2.45, 2.75) is 12.3 Å². The van der Waals surface area contributed by atoms with E-state index >= 15 is 0 Å². The monoisotopic (exact) mass is 258 g/mol. The van der Waals surface area contributed by atoms with Crippen LogP contribution in [-0.2, 0) is 0 Å². The van der Waals surface area contributed by atoms with Crippen molar-refractivity contribution in [3.8, 4) is 5.75 Å². The van der Waals surface area contributed by atoms with Gasteiger partial charge in [0, 0.05) is 5.33 Å². The molecular formula is C11H12BrFO.